The normalized spacial score (nSPS) is 12.2. The molecule has 0 aliphatic carbocycles. The Balaban J connectivity index is 2.45. The molecule has 0 bridgehead atoms. The highest BCUT2D eigenvalue weighted by atomic mass is 28.4. The summed E-state index contributed by atoms with van der Waals surface area (Å²) in [7, 11) is -1.91. The van der Waals surface area contributed by atoms with Gasteiger partial charge in [0.15, 0.2) is 0 Å². The minimum absolute atomic E-state index is 0.571. The predicted molar refractivity (Wildman–Crippen MR) is 104 cm³/mol. The van der Waals surface area contributed by atoms with Crippen LogP contribution in [0.2, 0.25) is 16.6 Å². The average molecular weight is 325 g/mol. The number of fused-ring (bicyclic) bond motifs is 1. The van der Waals surface area contributed by atoms with Crippen LogP contribution in [0.1, 0.15) is 47.1 Å². The molecule has 2 aromatic carbocycles. The Morgan fingerprint density at radius 2 is 1.35 bits per heavy atom. The van der Waals surface area contributed by atoms with E-state index in [-0.39, 0.29) is 0 Å². The molecule has 0 aliphatic heterocycles. The smallest absolute Gasteiger partial charge is 0.258 e. The molecule has 0 saturated heterocycles. The molecule has 0 N–H and O–H groups in total. The zero-order valence-corrected chi connectivity index (χ0v) is 16.2. The molecule has 0 radical (unpaired) electrons. The van der Waals surface area contributed by atoms with Gasteiger partial charge in [0.1, 0.15) is 5.75 Å². The fraction of sp³-hybridized carbons (Fsp3) is 0.429. The summed E-state index contributed by atoms with van der Waals surface area (Å²) in [6, 6.07) is 12.5. The van der Waals surface area contributed by atoms with E-state index in [1.807, 2.05) is 6.07 Å². The van der Waals surface area contributed by atoms with Gasteiger partial charge in [-0.05, 0) is 51.7 Å². The predicted octanol–water partition coefficient (Wildman–Crippen LogP) is 6.38. The van der Waals surface area contributed by atoms with Crippen molar-refractivity contribution >= 4 is 19.1 Å². The topological polar surface area (TPSA) is 9.23 Å². The highest BCUT2D eigenvalue weighted by Gasteiger charge is 2.46. The fourth-order valence-corrected chi connectivity index (χ4v) is 9.18. The second kappa shape index (κ2) is 6.80. The largest absolute Gasteiger partial charge is 0.543 e. The molecule has 0 fully saturated rings. The van der Waals surface area contributed by atoms with Crippen LogP contribution in [0.15, 0.2) is 36.4 Å². The van der Waals surface area contributed by atoms with E-state index >= 15 is 0 Å². The first-order valence-electron chi connectivity index (χ1n) is 8.50. The quantitative estimate of drug-likeness (QED) is 0.458. The highest BCUT2D eigenvalue weighted by molar-refractivity contribution is 6.78. The van der Waals surface area contributed by atoms with Gasteiger partial charge in [-0.15, -0.1) is 6.42 Å². The van der Waals surface area contributed by atoms with Crippen molar-refractivity contribution in [2.45, 2.75) is 58.2 Å². The Morgan fingerprint density at radius 1 is 0.826 bits per heavy atom. The summed E-state index contributed by atoms with van der Waals surface area (Å²) in [5.74, 6) is 3.69. The van der Waals surface area contributed by atoms with Crippen molar-refractivity contribution in [1.82, 2.24) is 0 Å². The summed E-state index contributed by atoms with van der Waals surface area (Å²) in [6.45, 7) is 13.9. The van der Waals surface area contributed by atoms with Gasteiger partial charge in [-0.3, -0.25) is 0 Å². The number of rotatable bonds is 5. The first-order chi connectivity index (χ1) is 10.8. The first kappa shape index (κ1) is 17.6. The molecule has 0 unspecified atom stereocenters. The molecule has 0 heterocycles. The lowest BCUT2D eigenvalue weighted by molar-refractivity contribution is 0.480. The van der Waals surface area contributed by atoms with Gasteiger partial charge >= 0.3 is 0 Å². The molecule has 0 amide bonds. The summed E-state index contributed by atoms with van der Waals surface area (Å²) in [4.78, 5) is 0. The van der Waals surface area contributed by atoms with Gasteiger partial charge in [-0.25, -0.2) is 0 Å². The van der Waals surface area contributed by atoms with Gasteiger partial charge in [-0.2, -0.15) is 0 Å². The molecule has 2 rings (SSSR count). The van der Waals surface area contributed by atoms with E-state index in [9.17, 15) is 0 Å². The molecule has 0 saturated carbocycles. The molecular formula is C21H28OSi. The van der Waals surface area contributed by atoms with Gasteiger partial charge in [0.05, 0.1) is 0 Å². The molecule has 2 heteroatoms. The van der Waals surface area contributed by atoms with Gasteiger partial charge in [-0.1, -0.05) is 59.6 Å². The Kier molecular flexibility index (Phi) is 5.22. The second-order valence-corrected chi connectivity index (χ2v) is 12.7. The van der Waals surface area contributed by atoms with Gasteiger partial charge in [0.2, 0.25) is 0 Å². The summed E-state index contributed by atoms with van der Waals surface area (Å²) in [5, 5.41) is 2.35. The lowest BCUT2D eigenvalue weighted by Gasteiger charge is -2.42. The van der Waals surface area contributed by atoms with E-state index in [1.165, 1.54) is 10.8 Å². The maximum atomic E-state index is 6.75. The van der Waals surface area contributed by atoms with Crippen LogP contribution in [0.5, 0.6) is 5.75 Å². The maximum Gasteiger partial charge on any atom is 0.258 e. The van der Waals surface area contributed by atoms with Gasteiger partial charge in [0, 0.05) is 5.56 Å². The molecule has 0 spiro atoms. The third-order valence-corrected chi connectivity index (χ3v) is 11.0. The van der Waals surface area contributed by atoms with Crippen molar-refractivity contribution in [3.8, 4) is 18.1 Å². The number of hydrogen-bond acceptors (Lipinski definition) is 1. The molecular weight excluding hydrogens is 296 g/mol. The van der Waals surface area contributed by atoms with Crippen molar-refractivity contribution in [1.29, 1.82) is 0 Å². The zero-order valence-electron chi connectivity index (χ0n) is 15.2. The molecule has 23 heavy (non-hydrogen) atoms. The van der Waals surface area contributed by atoms with Gasteiger partial charge in [0.25, 0.3) is 8.32 Å². The van der Waals surface area contributed by atoms with E-state index in [0.717, 1.165) is 11.3 Å². The third kappa shape index (κ3) is 3.30. The SMILES string of the molecule is C#Cc1ccc2cc(O[Si](C(C)C)(C(C)C)C(C)C)ccc2c1. The zero-order chi connectivity index (χ0) is 17.2. The number of terminal acetylenes is 1. The van der Waals surface area contributed by atoms with Crippen molar-refractivity contribution in [3.05, 3.63) is 42.0 Å². The van der Waals surface area contributed by atoms with Crippen LogP contribution in [0.25, 0.3) is 10.8 Å². The van der Waals surface area contributed by atoms with Crippen LogP contribution in [0, 0.1) is 12.3 Å². The van der Waals surface area contributed by atoms with Crippen LogP contribution in [0.3, 0.4) is 0 Å². The lowest BCUT2D eigenvalue weighted by Crippen LogP contribution is -2.50. The van der Waals surface area contributed by atoms with Crippen molar-refractivity contribution in [3.63, 3.8) is 0 Å². The van der Waals surface area contributed by atoms with Crippen molar-refractivity contribution < 1.29 is 4.43 Å². The van der Waals surface area contributed by atoms with E-state index in [0.29, 0.717) is 16.6 Å². The molecule has 2 aromatic rings. The first-order valence-corrected chi connectivity index (χ1v) is 10.6. The third-order valence-electron chi connectivity index (χ3n) is 4.98. The Labute approximate surface area is 142 Å². The highest BCUT2D eigenvalue weighted by Crippen LogP contribution is 2.43. The monoisotopic (exact) mass is 324 g/mol. The standard InChI is InChI=1S/C21H28OSi/c1-8-18-9-10-20-14-21(12-11-19(20)13-18)22-23(15(2)3,16(4)5)17(6)7/h1,9-17H,2-7H3. The average Bonchev–Trinajstić information content (AvgIpc) is 2.50. The van der Waals surface area contributed by atoms with Gasteiger partial charge < -0.3 is 4.43 Å². The molecule has 0 aliphatic rings. The summed E-state index contributed by atoms with van der Waals surface area (Å²) < 4.78 is 6.75. The minimum atomic E-state index is -1.91. The summed E-state index contributed by atoms with van der Waals surface area (Å²) in [5.41, 5.74) is 2.63. The molecule has 1 nitrogen and oxygen atoms in total. The Morgan fingerprint density at radius 3 is 1.87 bits per heavy atom. The van der Waals surface area contributed by atoms with E-state index in [2.05, 4.69) is 77.8 Å². The van der Waals surface area contributed by atoms with Crippen LogP contribution in [-0.2, 0) is 0 Å². The second-order valence-electron chi connectivity index (χ2n) is 7.29. The Hall–Kier alpha value is -1.72. The number of hydrogen-bond donors (Lipinski definition) is 0. The summed E-state index contributed by atoms with van der Waals surface area (Å²) >= 11 is 0. The van der Waals surface area contributed by atoms with Crippen LogP contribution < -0.4 is 4.43 Å². The van der Waals surface area contributed by atoms with E-state index in [1.54, 1.807) is 0 Å². The minimum Gasteiger partial charge on any atom is -0.543 e. The lowest BCUT2D eigenvalue weighted by atomic mass is 10.1. The molecule has 0 aromatic heterocycles. The van der Waals surface area contributed by atoms with E-state index < -0.39 is 8.32 Å². The van der Waals surface area contributed by atoms with Crippen LogP contribution >= 0.6 is 0 Å². The Bertz CT molecular complexity index is 700. The maximum absolute atomic E-state index is 6.75. The number of benzene rings is 2. The van der Waals surface area contributed by atoms with Crippen molar-refractivity contribution in [2.24, 2.45) is 0 Å². The molecule has 0 atom stereocenters. The van der Waals surface area contributed by atoms with Crippen LogP contribution in [0.4, 0.5) is 0 Å². The fourth-order valence-electron chi connectivity index (χ4n) is 3.93. The molecule has 122 valence electrons. The van der Waals surface area contributed by atoms with E-state index in [4.69, 9.17) is 10.8 Å². The summed E-state index contributed by atoms with van der Waals surface area (Å²) in [6.07, 6.45) is 5.48. The van der Waals surface area contributed by atoms with Crippen LogP contribution in [-0.4, -0.2) is 8.32 Å². The van der Waals surface area contributed by atoms with Crippen molar-refractivity contribution in [2.75, 3.05) is 0 Å².